The molecule has 0 bridgehead atoms. The monoisotopic (exact) mass is 529 g/mol. The first-order valence-electron chi connectivity index (χ1n) is 13.5. The van der Waals surface area contributed by atoms with Crippen LogP contribution in [0.15, 0.2) is 48.2 Å². The van der Waals surface area contributed by atoms with Gasteiger partial charge in [0.2, 0.25) is 5.78 Å². The Morgan fingerprint density at radius 2 is 1.95 bits per heavy atom. The van der Waals surface area contributed by atoms with Crippen molar-refractivity contribution < 1.29 is 23.8 Å². The molecule has 0 aliphatic carbocycles. The Balaban J connectivity index is 1.24. The van der Waals surface area contributed by atoms with Gasteiger partial charge in [-0.3, -0.25) is 9.89 Å². The fourth-order valence-electron chi connectivity index (χ4n) is 5.07. The molecule has 1 aromatic heterocycles. The number of likely N-dealkylation sites (tertiary alicyclic amines) is 1. The number of aromatic amines is 1. The number of nitrogens with zero attached hydrogens (tertiary/aromatic N) is 2. The Morgan fingerprint density at radius 3 is 2.69 bits per heavy atom. The van der Waals surface area contributed by atoms with Crippen LogP contribution in [0.4, 0.5) is 4.79 Å². The molecule has 1 saturated heterocycles. The van der Waals surface area contributed by atoms with Crippen LogP contribution in [-0.2, 0) is 4.74 Å². The molecule has 0 spiro atoms. The van der Waals surface area contributed by atoms with Gasteiger partial charge in [0.05, 0.1) is 29.4 Å². The number of allylic oxidation sites excluding steroid dienone is 2. The third-order valence-corrected chi connectivity index (χ3v) is 7.12. The Morgan fingerprint density at radius 1 is 1.18 bits per heavy atom. The van der Waals surface area contributed by atoms with E-state index in [1.165, 1.54) is 0 Å². The Labute approximate surface area is 228 Å². The Kier molecular flexibility index (Phi) is 7.46. The van der Waals surface area contributed by atoms with Crippen LogP contribution >= 0.6 is 0 Å². The molecule has 2 aliphatic heterocycles. The van der Waals surface area contributed by atoms with Crippen molar-refractivity contribution in [3.05, 3.63) is 65.1 Å². The SMILES string of the molecule is COc1ccc2c(c1C=CCCC1CCN(C(=O)OC(C)(C)C)CC1)OC(=Cc1n[nH]c3ccccc13)C2=O. The number of piperidine rings is 1. The first-order chi connectivity index (χ1) is 18.7. The molecule has 2 aromatic carbocycles. The number of methoxy groups -OCH3 is 1. The van der Waals surface area contributed by atoms with Crippen molar-refractivity contribution in [3.8, 4) is 11.5 Å². The molecule has 1 amide bonds. The number of fused-ring (bicyclic) bond motifs is 2. The van der Waals surface area contributed by atoms with Crippen molar-refractivity contribution in [2.24, 2.45) is 5.92 Å². The fraction of sp³-hybridized carbons (Fsp3) is 0.387. The van der Waals surface area contributed by atoms with Crippen LogP contribution in [0, 0.1) is 5.92 Å². The highest BCUT2D eigenvalue weighted by Gasteiger charge is 2.31. The molecule has 1 fully saturated rings. The number of amides is 1. The molecule has 204 valence electrons. The zero-order chi connectivity index (χ0) is 27.6. The highest BCUT2D eigenvalue weighted by Crippen LogP contribution is 2.41. The number of rotatable bonds is 6. The Hall–Kier alpha value is -4.07. The summed E-state index contributed by atoms with van der Waals surface area (Å²) in [6.45, 7) is 7.11. The zero-order valence-electron chi connectivity index (χ0n) is 23.0. The molecule has 1 N–H and O–H groups in total. The van der Waals surface area contributed by atoms with E-state index in [0.29, 0.717) is 28.7 Å². The van der Waals surface area contributed by atoms with E-state index in [4.69, 9.17) is 14.2 Å². The predicted octanol–water partition coefficient (Wildman–Crippen LogP) is 6.63. The highest BCUT2D eigenvalue weighted by atomic mass is 16.6. The molecule has 3 aromatic rings. The smallest absolute Gasteiger partial charge is 0.410 e. The van der Waals surface area contributed by atoms with Crippen molar-refractivity contribution >= 4 is 34.9 Å². The number of ether oxygens (including phenoxy) is 3. The van der Waals surface area contributed by atoms with Crippen molar-refractivity contribution in [2.75, 3.05) is 20.2 Å². The van der Waals surface area contributed by atoms with Crippen molar-refractivity contribution in [1.82, 2.24) is 15.1 Å². The minimum atomic E-state index is -0.477. The van der Waals surface area contributed by atoms with E-state index >= 15 is 0 Å². The van der Waals surface area contributed by atoms with Crippen LogP contribution in [0.3, 0.4) is 0 Å². The molecule has 2 aliphatic rings. The number of Topliss-reactive ketones (excluding diaryl/α,β-unsaturated/α-hetero) is 1. The van der Waals surface area contributed by atoms with Crippen LogP contribution in [-0.4, -0.2) is 52.8 Å². The quantitative estimate of drug-likeness (QED) is 0.360. The zero-order valence-corrected chi connectivity index (χ0v) is 23.0. The van der Waals surface area contributed by atoms with Crippen LogP contribution in [0.25, 0.3) is 23.1 Å². The number of H-pyrrole nitrogens is 1. The molecular formula is C31H35N3O5. The summed E-state index contributed by atoms with van der Waals surface area (Å²) in [7, 11) is 1.61. The average Bonchev–Trinajstić information content (AvgIpc) is 3.47. The van der Waals surface area contributed by atoms with E-state index in [2.05, 4.69) is 16.3 Å². The predicted molar refractivity (Wildman–Crippen MR) is 151 cm³/mol. The van der Waals surface area contributed by atoms with E-state index in [1.54, 1.807) is 30.2 Å². The van der Waals surface area contributed by atoms with Gasteiger partial charge in [-0.1, -0.05) is 30.4 Å². The lowest BCUT2D eigenvalue weighted by molar-refractivity contribution is 0.0181. The van der Waals surface area contributed by atoms with Gasteiger partial charge < -0.3 is 19.1 Å². The molecule has 0 radical (unpaired) electrons. The first-order valence-corrected chi connectivity index (χ1v) is 13.5. The average molecular weight is 530 g/mol. The number of aromatic nitrogens is 2. The third-order valence-electron chi connectivity index (χ3n) is 7.12. The summed E-state index contributed by atoms with van der Waals surface area (Å²) in [5.74, 6) is 1.77. The lowest BCUT2D eigenvalue weighted by Gasteiger charge is -2.33. The lowest BCUT2D eigenvalue weighted by Crippen LogP contribution is -2.41. The first kappa shape index (κ1) is 26.5. The van der Waals surface area contributed by atoms with Crippen LogP contribution in [0.2, 0.25) is 0 Å². The van der Waals surface area contributed by atoms with Gasteiger partial charge in [-0.25, -0.2) is 4.79 Å². The maximum atomic E-state index is 13.2. The van der Waals surface area contributed by atoms with E-state index in [1.807, 2.05) is 51.1 Å². The highest BCUT2D eigenvalue weighted by molar-refractivity contribution is 6.15. The maximum Gasteiger partial charge on any atom is 0.410 e. The molecule has 39 heavy (non-hydrogen) atoms. The molecule has 3 heterocycles. The molecule has 0 unspecified atom stereocenters. The van der Waals surface area contributed by atoms with Crippen molar-refractivity contribution in [1.29, 1.82) is 0 Å². The number of ketones is 1. The van der Waals surface area contributed by atoms with Crippen LogP contribution < -0.4 is 9.47 Å². The second-order valence-corrected chi connectivity index (χ2v) is 11.0. The molecule has 0 atom stereocenters. The summed E-state index contributed by atoms with van der Waals surface area (Å²) in [5, 5.41) is 8.26. The molecule has 5 rings (SSSR count). The number of hydrogen-bond acceptors (Lipinski definition) is 6. The summed E-state index contributed by atoms with van der Waals surface area (Å²) >= 11 is 0. The van der Waals surface area contributed by atoms with E-state index in [-0.39, 0.29) is 17.6 Å². The maximum absolute atomic E-state index is 13.2. The third kappa shape index (κ3) is 5.85. The fourth-order valence-corrected chi connectivity index (χ4v) is 5.07. The van der Waals surface area contributed by atoms with Gasteiger partial charge in [-0.15, -0.1) is 0 Å². The summed E-state index contributed by atoms with van der Waals surface area (Å²) in [6.07, 6.45) is 9.37. The summed E-state index contributed by atoms with van der Waals surface area (Å²) in [4.78, 5) is 27.3. The van der Waals surface area contributed by atoms with Gasteiger partial charge in [0.25, 0.3) is 0 Å². The number of para-hydroxylation sites is 1. The standard InChI is InChI=1S/C31H35N3O5/c1-31(2,3)39-30(36)34-17-15-20(16-18-34)9-5-6-11-22-26(37-4)14-13-23-28(35)27(38-29(22)23)19-25-21-10-7-8-12-24(21)32-33-25/h6-8,10-14,19-20H,5,9,15-18H2,1-4H3,(H,32,33). The van der Waals surface area contributed by atoms with Crippen molar-refractivity contribution in [2.45, 2.75) is 52.1 Å². The molecule has 8 nitrogen and oxygen atoms in total. The minimum absolute atomic E-state index is 0.175. The van der Waals surface area contributed by atoms with Crippen molar-refractivity contribution in [3.63, 3.8) is 0 Å². The number of carbonyl (C=O) groups excluding carboxylic acids is 2. The van der Waals surface area contributed by atoms with Crippen LogP contribution in [0.5, 0.6) is 11.5 Å². The second kappa shape index (κ2) is 11.0. The van der Waals surface area contributed by atoms with E-state index < -0.39 is 5.60 Å². The second-order valence-electron chi connectivity index (χ2n) is 11.0. The normalized spacial score (nSPS) is 17.2. The Bertz CT molecular complexity index is 1440. The molecule has 0 saturated carbocycles. The summed E-state index contributed by atoms with van der Waals surface area (Å²) in [5.41, 5.74) is 2.33. The number of hydrogen-bond donors (Lipinski definition) is 1. The van der Waals surface area contributed by atoms with Gasteiger partial charge in [-0.2, -0.15) is 5.10 Å². The summed E-state index contributed by atoms with van der Waals surface area (Å²) in [6, 6.07) is 11.3. The van der Waals surface area contributed by atoms with Gasteiger partial charge >= 0.3 is 6.09 Å². The topological polar surface area (TPSA) is 93.8 Å². The lowest BCUT2D eigenvalue weighted by atomic mass is 9.92. The van der Waals surface area contributed by atoms with Gasteiger partial charge in [0, 0.05) is 24.6 Å². The molecular weight excluding hydrogens is 494 g/mol. The molecule has 8 heteroatoms. The van der Waals surface area contributed by atoms with Gasteiger partial charge in [0.15, 0.2) is 5.76 Å². The number of carbonyl (C=O) groups is 2. The number of benzene rings is 2. The minimum Gasteiger partial charge on any atom is -0.496 e. The summed E-state index contributed by atoms with van der Waals surface area (Å²) < 4.78 is 17.2. The van der Waals surface area contributed by atoms with Gasteiger partial charge in [0.1, 0.15) is 17.1 Å². The van der Waals surface area contributed by atoms with Crippen LogP contribution in [0.1, 0.15) is 68.1 Å². The van der Waals surface area contributed by atoms with E-state index in [0.717, 1.165) is 55.2 Å². The largest absolute Gasteiger partial charge is 0.496 e. The van der Waals surface area contributed by atoms with Gasteiger partial charge in [-0.05, 0) is 70.6 Å². The number of nitrogens with one attached hydrogen (secondary N) is 1. The van der Waals surface area contributed by atoms with E-state index in [9.17, 15) is 9.59 Å².